The second kappa shape index (κ2) is 8.37. The van der Waals surface area contributed by atoms with Crippen molar-refractivity contribution in [3.8, 4) is 6.07 Å². The Balaban J connectivity index is 1.93. The molecule has 4 rings (SSSR count). The third kappa shape index (κ3) is 3.62. The minimum Gasteiger partial charge on any atom is -0.396 e. The molecule has 0 aromatic carbocycles. The molecule has 2 N–H and O–H groups in total. The highest BCUT2D eigenvalue weighted by Gasteiger charge is 2.68. The van der Waals surface area contributed by atoms with Crippen LogP contribution in [0.5, 0.6) is 0 Å². The van der Waals surface area contributed by atoms with Crippen molar-refractivity contribution < 1.29 is 19.8 Å². The lowest BCUT2D eigenvalue weighted by molar-refractivity contribution is -0.183. The van der Waals surface area contributed by atoms with Gasteiger partial charge in [-0.2, -0.15) is 5.26 Å². The maximum absolute atomic E-state index is 14.0. The smallest absolute Gasteiger partial charge is 0.187 e. The molecule has 0 heterocycles. The average molecular weight is 496 g/mol. The van der Waals surface area contributed by atoms with Gasteiger partial charge in [0.15, 0.2) is 11.6 Å². The molecule has 2 saturated carbocycles. The minimum atomic E-state index is -1.50. The van der Waals surface area contributed by atoms with Gasteiger partial charge in [0.05, 0.1) is 5.57 Å². The summed E-state index contributed by atoms with van der Waals surface area (Å²) in [6.45, 7) is 14.9. The SMILES string of the molecule is C[C@@H]1C(=O)C(C#N)=C[C@]2(C)C3=CC(=O)[C@]4(O)CCC(C)(C)CC[C@](C)(CO)CC[C@@]4(C)[C@]3(C)CC[C@@H]12. The molecule has 36 heavy (non-hydrogen) atoms. The molecule has 0 unspecified atom stereocenters. The van der Waals surface area contributed by atoms with Gasteiger partial charge in [-0.1, -0.05) is 54.5 Å². The zero-order valence-corrected chi connectivity index (χ0v) is 23.3. The number of Topliss-reactive ketones (excluding diaryl/α,β-unsaturated/α-hetero) is 1. The number of hydrogen-bond acceptors (Lipinski definition) is 5. The summed E-state index contributed by atoms with van der Waals surface area (Å²) in [6.07, 6.45) is 9.45. The van der Waals surface area contributed by atoms with Gasteiger partial charge < -0.3 is 10.2 Å². The normalized spacial score (nSPS) is 46.9. The van der Waals surface area contributed by atoms with E-state index in [2.05, 4.69) is 47.6 Å². The van der Waals surface area contributed by atoms with E-state index in [9.17, 15) is 25.1 Å². The Morgan fingerprint density at radius 3 is 2.19 bits per heavy atom. The van der Waals surface area contributed by atoms with Crippen LogP contribution in [0.25, 0.3) is 0 Å². The molecular formula is C31H45NO4. The molecule has 7 atom stereocenters. The monoisotopic (exact) mass is 495 g/mol. The van der Waals surface area contributed by atoms with Gasteiger partial charge in [0.2, 0.25) is 0 Å². The first-order valence-electron chi connectivity index (χ1n) is 13.8. The van der Waals surface area contributed by atoms with E-state index in [1.54, 1.807) is 6.08 Å². The molecule has 0 saturated heterocycles. The van der Waals surface area contributed by atoms with Crippen LogP contribution in [0, 0.1) is 50.2 Å². The summed E-state index contributed by atoms with van der Waals surface area (Å²) in [7, 11) is 0. The molecule has 0 aromatic rings. The lowest BCUT2D eigenvalue weighted by atomic mass is 9.38. The van der Waals surface area contributed by atoms with Crippen LogP contribution >= 0.6 is 0 Å². The molecule has 0 aromatic heterocycles. The summed E-state index contributed by atoms with van der Waals surface area (Å²) in [6, 6.07) is 2.12. The molecule has 4 aliphatic rings. The van der Waals surface area contributed by atoms with E-state index >= 15 is 0 Å². The zero-order chi connectivity index (χ0) is 26.9. The number of carbonyl (C=O) groups is 2. The van der Waals surface area contributed by atoms with Crippen LogP contribution in [0.1, 0.15) is 99.8 Å². The second-order valence-electron chi connectivity index (χ2n) is 14.3. The number of hydrogen-bond donors (Lipinski definition) is 2. The van der Waals surface area contributed by atoms with Crippen molar-refractivity contribution >= 4 is 11.6 Å². The Hall–Kier alpha value is -1.77. The molecule has 0 radical (unpaired) electrons. The fourth-order valence-corrected chi connectivity index (χ4v) is 8.38. The van der Waals surface area contributed by atoms with Crippen LogP contribution in [-0.2, 0) is 9.59 Å². The number of aliphatic hydroxyl groups is 2. The number of nitrogens with zero attached hydrogens (tertiary/aromatic N) is 1. The van der Waals surface area contributed by atoms with Crippen LogP contribution in [0.2, 0.25) is 0 Å². The first kappa shape index (κ1) is 27.3. The quantitative estimate of drug-likeness (QED) is 0.486. The Bertz CT molecular complexity index is 1080. The Morgan fingerprint density at radius 2 is 1.58 bits per heavy atom. The molecule has 198 valence electrons. The molecule has 2 fully saturated rings. The van der Waals surface area contributed by atoms with Crippen LogP contribution in [0.4, 0.5) is 0 Å². The summed E-state index contributed by atoms with van der Waals surface area (Å²) in [5, 5.41) is 32.5. The van der Waals surface area contributed by atoms with Gasteiger partial charge in [-0.05, 0) is 85.2 Å². The Morgan fingerprint density at radius 1 is 0.972 bits per heavy atom. The topological polar surface area (TPSA) is 98.4 Å². The van der Waals surface area contributed by atoms with Gasteiger partial charge in [0.1, 0.15) is 11.7 Å². The summed E-state index contributed by atoms with van der Waals surface area (Å²) in [4.78, 5) is 26.9. The number of carbonyl (C=O) groups excluding carboxylic acids is 2. The molecule has 4 aliphatic carbocycles. The molecule has 0 spiro atoms. The van der Waals surface area contributed by atoms with Crippen molar-refractivity contribution in [2.75, 3.05) is 6.61 Å². The lowest BCUT2D eigenvalue weighted by Crippen LogP contribution is -2.66. The van der Waals surface area contributed by atoms with E-state index in [4.69, 9.17) is 0 Å². The third-order valence-corrected chi connectivity index (χ3v) is 11.7. The minimum absolute atomic E-state index is 0.0187. The average Bonchev–Trinajstić information content (AvgIpc) is 2.83. The summed E-state index contributed by atoms with van der Waals surface area (Å²) in [5.41, 5.74) is -2.51. The van der Waals surface area contributed by atoms with Gasteiger partial charge in [0, 0.05) is 23.4 Å². The first-order chi connectivity index (χ1) is 16.5. The van der Waals surface area contributed by atoms with E-state index < -0.39 is 21.8 Å². The maximum Gasteiger partial charge on any atom is 0.187 e. The summed E-state index contributed by atoms with van der Waals surface area (Å²) in [5.74, 6) is -0.608. The van der Waals surface area contributed by atoms with Gasteiger partial charge >= 0.3 is 0 Å². The number of fused-ring (bicyclic) bond motifs is 5. The van der Waals surface area contributed by atoms with Crippen molar-refractivity contribution in [1.29, 1.82) is 5.26 Å². The predicted molar refractivity (Wildman–Crippen MR) is 140 cm³/mol. The number of aliphatic hydroxyl groups excluding tert-OH is 1. The van der Waals surface area contributed by atoms with Crippen LogP contribution < -0.4 is 0 Å². The largest absolute Gasteiger partial charge is 0.396 e. The van der Waals surface area contributed by atoms with Crippen LogP contribution in [0.15, 0.2) is 23.3 Å². The van der Waals surface area contributed by atoms with Gasteiger partial charge in [-0.25, -0.2) is 0 Å². The zero-order valence-electron chi connectivity index (χ0n) is 23.3. The summed E-state index contributed by atoms with van der Waals surface area (Å²) < 4.78 is 0. The van der Waals surface area contributed by atoms with Gasteiger partial charge in [-0.15, -0.1) is 0 Å². The van der Waals surface area contributed by atoms with E-state index in [0.29, 0.717) is 12.8 Å². The van der Waals surface area contributed by atoms with E-state index in [1.165, 1.54) is 0 Å². The number of rotatable bonds is 1. The van der Waals surface area contributed by atoms with Crippen molar-refractivity contribution in [3.63, 3.8) is 0 Å². The Kier molecular flexibility index (Phi) is 6.34. The highest BCUT2D eigenvalue weighted by Crippen LogP contribution is 2.70. The van der Waals surface area contributed by atoms with Crippen molar-refractivity contribution in [2.45, 2.75) is 105 Å². The molecule has 0 bridgehead atoms. The molecular weight excluding hydrogens is 450 g/mol. The standard InChI is InChI=1S/C31H45NO4/c1-20-22-8-9-29(6)23(28(22,5)17-21(18-32)25(20)35)16-24(34)31(36)15-11-26(2,3)10-12-27(4,19-33)13-14-30(29,31)7/h16-17,20,22,33,36H,8-15,19H2,1-7H3/t20-,22-,27-,28-,29+,30-,31+/m0/s1. The fraction of sp³-hybridized carbons (Fsp3) is 0.774. The van der Waals surface area contributed by atoms with E-state index in [-0.39, 0.29) is 46.4 Å². The number of allylic oxidation sites excluding steroid dienone is 3. The highest BCUT2D eigenvalue weighted by molar-refractivity contribution is 6.03. The van der Waals surface area contributed by atoms with Crippen molar-refractivity contribution in [3.05, 3.63) is 23.3 Å². The van der Waals surface area contributed by atoms with Crippen LogP contribution in [0.3, 0.4) is 0 Å². The summed E-state index contributed by atoms with van der Waals surface area (Å²) >= 11 is 0. The van der Waals surface area contributed by atoms with Crippen molar-refractivity contribution in [1.82, 2.24) is 0 Å². The lowest BCUT2D eigenvalue weighted by Gasteiger charge is -2.65. The van der Waals surface area contributed by atoms with Gasteiger partial charge in [0.25, 0.3) is 0 Å². The fourth-order valence-electron chi connectivity index (χ4n) is 8.38. The molecule has 5 heteroatoms. The maximum atomic E-state index is 14.0. The van der Waals surface area contributed by atoms with E-state index in [1.807, 2.05) is 13.0 Å². The van der Waals surface area contributed by atoms with Crippen LogP contribution in [-0.4, -0.2) is 34.0 Å². The molecule has 0 amide bonds. The van der Waals surface area contributed by atoms with Gasteiger partial charge in [-0.3, -0.25) is 9.59 Å². The third-order valence-electron chi connectivity index (χ3n) is 11.7. The molecule has 5 nitrogen and oxygen atoms in total. The van der Waals surface area contributed by atoms with E-state index in [0.717, 1.165) is 44.1 Å². The first-order valence-corrected chi connectivity index (χ1v) is 13.8. The predicted octanol–water partition coefficient (Wildman–Crippen LogP) is 5.70. The second-order valence-corrected chi connectivity index (χ2v) is 14.3. The molecule has 0 aliphatic heterocycles. The van der Waals surface area contributed by atoms with Crippen molar-refractivity contribution in [2.24, 2.45) is 38.9 Å². The Labute approximate surface area is 217 Å². The number of nitriles is 1. The highest BCUT2D eigenvalue weighted by atomic mass is 16.3. The number of ketones is 2.